The summed E-state index contributed by atoms with van der Waals surface area (Å²) >= 11 is 0. The molecule has 104 valence electrons. The highest BCUT2D eigenvalue weighted by atomic mass is 16.5. The Morgan fingerprint density at radius 2 is 1.61 bits per heavy atom. The second-order valence-electron chi connectivity index (χ2n) is 3.98. The van der Waals surface area contributed by atoms with Crippen LogP contribution in [0.25, 0.3) is 0 Å². The Labute approximate surface area is 107 Å². The van der Waals surface area contributed by atoms with Crippen molar-refractivity contribution in [3.05, 3.63) is 0 Å². The maximum atomic E-state index is 11.6. The summed E-state index contributed by atoms with van der Waals surface area (Å²) in [5, 5.41) is 2.48. The van der Waals surface area contributed by atoms with Crippen molar-refractivity contribution in [3.8, 4) is 0 Å². The van der Waals surface area contributed by atoms with E-state index in [1.54, 1.807) is 27.7 Å². The van der Waals surface area contributed by atoms with E-state index >= 15 is 0 Å². The molecule has 0 aromatic carbocycles. The molecule has 0 saturated carbocycles. The van der Waals surface area contributed by atoms with E-state index in [2.05, 4.69) is 5.32 Å². The van der Waals surface area contributed by atoms with Gasteiger partial charge in [0, 0.05) is 5.92 Å². The van der Waals surface area contributed by atoms with Crippen molar-refractivity contribution in [2.45, 2.75) is 40.2 Å². The highest BCUT2D eigenvalue weighted by Crippen LogP contribution is 2.01. The van der Waals surface area contributed by atoms with Crippen LogP contribution >= 0.6 is 0 Å². The molecule has 1 N–H and O–H groups in total. The fraction of sp³-hybridized carbons (Fsp3) is 0.750. The van der Waals surface area contributed by atoms with E-state index in [0.29, 0.717) is 0 Å². The van der Waals surface area contributed by atoms with Crippen molar-refractivity contribution in [1.82, 2.24) is 5.32 Å². The number of ether oxygens (including phenoxy) is 2. The molecule has 18 heavy (non-hydrogen) atoms. The Bertz CT molecular complexity index is 301. The van der Waals surface area contributed by atoms with Gasteiger partial charge in [0.15, 0.2) is 0 Å². The molecule has 0 saturated heterocycles. The largest absolute Gasteiger partial charge is 0.466 e. The molecule has 6 nitrogen and oxygen atoms in total. The highest BCUT2D eigenvalue weighted by Gasteiger charge is 2.26. The summed E-state index contributed by atoms with van der Waals surface area (Å²) in [4.78, 5) is 34.5. The summed E-state index contributed by atoms with van der Waals surface area (Å²) in [6.45, 7) is 7.14. The molecule has 0 fully saturated rings. The minimum absolute atomic E-state index is 0.190. The van der Waals surface area contributed by atoms with Gasteiger partial charge in [-0.05, 0) is 13.8 Å². The molecule has 0 heterocycles. The van der Waals surface area contributed by atoms with Crippen LogP contribution < -0.4 is 5.32 Å². The van der Waals surface area contributed by atoms with Crippen LogP contribution in [-0.2, 0) is 23.9 Å². The van der Waals surface area contributed by atoms with Crippen molar-refractivity contribution in [2.75, 3.05) is 13.2 Å². The summed E-state index contributed by atoms with van der Waals surface area (Å²) < 4.78 is 9.55. The zero-order valence-electron chi connectivity index (χ0n) is 11.3. The van der Waals surface area contributed by atoms with Crippen molar-refractivity contribution in [1.29, 1.82) is 0 Å². The molecule has 0 unspecified atom stereocenters. The van der Waals surface area contributed by atoms with E-state index in [1.165, 1.54) is 0 Å². The van der Waals surface area contributed by atoms with Gasteiger partial charge < -0.3 is 14.8 Å². The summed E-state index contributed by atoms with van der Waals surface area (Å²) in [5.41, 5.74) is 0. The number of rotatable bonds is 7. The monoisotopic (exact) mass is 259 g/mol. The third kappa shape index (κ3) is 6.22. The van der Waals surface area contributed by atoms with Gasteiger partial charge in [-0.1, -0.05) is 13.8 Å². The van der Waals surface area contributed by atoms with Crippen LogP contribution in [0.5, 0.6) is 0 Å². The van der Waals surface area contributed by atoms with Gasteiger partial charge in [0.2, 0.25) is 5.91 Å². The van der Waals surface area contributed by atoms with Gasteiger partial charge in [0.05, 0.1) is 19.6 Å². The SMILES string of the molecule is CCOC(=O)C[C@H](NC(=O)C(C)C)C(=O)OCC. The summed E-state index contributed by atoms with van der Waals surface area (Å²) in [6, 6.07) is -0.987. The Morgan fingerprint density at radius 3 is 2.06 bits per heavy atom. The second-order valence-corrected chi connectivity index (χ2v) is 3.98. The minimum atomic E-state index is -0.987. The topological polar surface area (TPSA) is 81.7 Å². The van der Waals surface area contributed by atoms with E-state index in [0.717, 1.165) is 0 Å². The van der Waals surface area contributed by atoms with Gasteiger partial charge >= 0.3 is 11.9 Å². The van der Waals surface area contributed by atoms with E-state index in [4.69, 9.17) is 9.47 Å². The number of amides is 1. The molecule has 0 aliphatic carbocycles. The first-order valence-electron chi connectivity index (χ1n) is 6.04. The molecule has 0 aliphatic heterocycles. The summed E-state index contributed by atoms with van der Waals surface area (Å²) in [5.74, 6) is -1.75. The van der Waals surface area contributed by atoms with Crippen LogP contribution in [0, 0.1) is 5.92 Å². The van der Waals surface area contributed by atoms with Crippen LogP contribution in [0.15, 0.2) is 0 Å². The summed E-state index contributed by atoms with van der Waals surface area (Å²) in [7, 11) is 0. The Morgan fingerprint density at radius 1 is 1.06 bits per heavy atom. The lowest BCUT2D eigenvalue weighted by molar-refractivity contribution is -0.153. The Kier molecular flexibility index (Phi) is 7.74. The highest BCUT2D eigenvalue weighted by molar-refractivity contribution is 5.88. The Hall–Kier alpha value is -1.59. The van der Waals surface area contributed by atoms with Crippen LogP contribution in [0.4, 0.5) is 0 Å². The van der Waals surface area contributed by atoms with Crippen molar-refractivity contribution >= 4 is 17.8 Å². The fourth-order valence-electron chi connectivity index (χ4n) is 1.16. The van der Waals surface area contributed by atoms with Gasteiger partial charge in [0.25, 0.3) is 0 Å². The van der Waals surface area contributed by atoms with Gasteiger partial charge in [0.1, 0.15) is 6.04 Å². The first-order chi connectivity index (χ1) is 8.42. The maximum absolute atomic E-state index is 11.6. The number of hydrogen-bond donors (Lipinski definition) is 1. The molecule has 0 radical (unpaired) electrons. The first kappa shape index (κ1) is 16.4. The molecular formula is C12H21NO5. The number of nitrogens with one attached hydrogen (secondary N) is 1. The third-order valence-corrected chi connectivity index (χ3v) is 2.09. The molecule has 1 atom stereocenters. The molecule has 1 amide bonds. The lowest BCUT2D eigenvalue weighted by atomic mass is 10.1. The van der Waals surface area contributed by atoms with E-state index in [1.807, 2.05) is 0 Å². The van der Waals surface area contributed by atoms with Crippen molar-refractivity contribution < 1.29 is 23.9 Å². The van der Waals surface area contributed by atoms with Crippen molar-refractivity contribution in [2.24, 2.45) is 5.92 Å². The Balaban J connectivity index is 4.56. The van der Waals surface area contributed by atoms with Crippen molar-refractivity contribution in [3.63, 3.8) is 0 Å². The predicted molar refractivity (Wildman–Crippen MR) is 64.7 cm³/mol. The molecular weight excluding hydrogens is 238 g/mol. The van der Waals surface area contributed by atoms with Crippen LogP contribution in [-0.4, -0.2) is 37.1 Å². The first-order valence-corrected chi connectivity index (χ1v) is 6.04. The molecule has 0 aliphatic rings. The maximum Gasteiger partial charge on any atom is 0.329 e. The van der Waals surface area contributed by atoms with E-state index in [-0.39, 0.29) is 31.5 Å². The number of hydrogen-bond acceptors (Lipinski definition) is 5. The zero-order valence-corrected chi connectivity index (χ0v) is 11.3. The lowest BCUT2D eigenvalue weighted by Gasteiger charge is -2.17. The van der Waals surface area contributed by atoms with Crippen LogP contribution in [0.3, 0.4) is 0 Å². The molecule has 6 heteroatoms. The average Bonchev–Trinajstić information content (AvgIpc) is 2.28. The molecule has 0 rings (SSSR count). The van der Waals surface area contributed by atoms with E-state index < -0.39 is 18.0 Å². The summed E-state index contributed by atoms with van der Waals surface area (Å²) in [6.07, 6.45) is -0.217. The predicted octanol–water partition coefficient (Wildman–Crippen LogP) is 0.643. The minimum Gasteiger partial charge on any atom is -0.466 e. The third-order valence-electron chi connectivity index (χ3n) is 2.09. The quantitative estimate of drug-likeness (QED) is 0.679. The van der Waals surface area contributed by atoms with Gasteiger partial charge in [-0.15, -0.1) is 0 Å². The second kappa shape index (κ2) is 8.49. The number of carbonyl (C=O) groups is 3. The number of carbonyl (C=O) groups excluding carboxylic acids is 3. The smallest absolute Gasteiger partial charge is 0.329 e. The molecule has 0 aromatic heterocycles. The zero-order chi connectivity index (χ0) is 14.1. The van der Waals surface area contributed by atoms with Crippen LogP contribution in [0.2, 0.25) is 0 Å². The number of esters is 2. The van der Waals surface area contributed by atoms with E-state index in [9.17, 15) is 14.4 Å². The van der Waals surface area contributed by atoms with Gasteiger partial charge in [-0.2, -0.15) is 0 Å². The standard InChI is InChI=1S/C12H21NO5/c1-5-17-10(14)7-9(12(16)18-6-2)13-11(15)8(3)4/h8-9H,5-7H2,1-4H3,(H,13,15)/t9-/m0/s1. The van der Waals surface area contributed by atoms with Gasteiger partial charge in [-0.25, -0.2) is 4.79 Å². The normalized spacial score (nSPS) is 11.8. The molecule has 0 bridgehead atoms. The molecule has 0 spiro atoms. The average molecular weight is 259 g/mol. The lowest BCUT2D eigenvalue weighted by Crippen LogP contribution is -2.45. The molecule has 0 aromatic rings. The van der Waals surface area contributed by atoms with Gasteiger partial charge in [-0.3, -0.25) is 9.59 Å². The van der Waals surface area contributed by atoms with Crippen LogP contribution in [0.1, 0.15) is 34.1 Å². The fourth-order valence-corrected chi connectivity index (χ4v) is 1.16.